The van der Waals surface area contributed by atoms with Crippen LogP contribution in [0.2, 0.25) is 0 Å². The normalized spacial score (nSPS) is 21.2. The molecule has 0 amide bonds. The van der Waals surface area contributed by atoms with Gasteiger partial charge >= 0.3 is 0 Å². The summed E-state index contributed by atoms with van der Waals surface area (Å²) in [5.74, 6) is 0.0490. The summed E-state index contributed by atoms with van der Waals surface area (Å²) in [5, 5.41) is 0. The number of anilines is 1. The van der Waals surface area contributed by atoms with Crippen LogP contribution in [0.5, 0.6) is 0 Å². The number of rotatable bonds is 4. The number of hydrogen-bond donors (Lipinski definition) is 1. The second-order valence-electron chi connectivity index (χ2n) is 5.62. The SMILES string of the molecule is CN(C)C1CCCN(S(=O)(=O)Cc2ccc(N)cc2)C1. The second-order valence-corrected chi connectivity index (χ2v) is 7.58. The maximum atomic E-state index is 12.5. The number of nitrogens with zero attached hydrogens (tertiary/aromatic N) is 2. The van der Waals surface area contributed by atoms with Gasteiger partial charge in [0.05, 0.1) is 5.75 Å². The van der Waals surface area contributed by atoms with Crippen LogP contribution in [-0.4, -0.2) is 50.8 Å². The Morgan fingerprint density at radius 3 is 2.55 bits per heavy atom. The first-order valence-corrected chi connectivity index (χ1v) is 8.48. The standard InChI is InChI=1S/C14H23N3O2S/c1-16(2)14-4-3-9-17(10-14)20(18,19)11-12-5-7-13(15)8-6-12/h5-8,14H,3-4,9-11,15H2,1-2H3. The van der Waals surface area contributed by atoms with Gasteiger partial charge < -0.3 is 10.6 Å². The van der Waals surface area contributed by atoms with Crippen molar-refractivity contribution in [2.24, 2.45) is 0 Å². The number of hydrogen-bond acceptors (Lipinski definition) is 4. The summed E-state index contributed by atoms with van der Waals surface area (Å²) < 4.78 is 26.6. The highest BCUT2D eigenvalue weighted by Gasteiger charge is 2.29. The molecule has 0 saturated carbocycles. The number of piperidine rings is 1. The van der Waals surface area contributed by atoms with Crippen LogP contribution in [0.15, 0.2) is 24.3 Å². The quantitative estimate of drug-likeness (QED) is 0.846. The van der Waals surface area contributed by atoms with Gasteiger partial charge in [-0.3, -0.25) is 0 Å². The maximum absolute atomic E-state index is 12.5. The van der Waals surface area contributed by atoms with Crippen molar-refractivity contribution in [3.05, 3.63) is 29.8 Å². The van der Waals surface area contributed by atoms with Crippen molar-refractivity contribution < 1.29 is 8.42 Å². The van der Waals surface area contributed by atoms with Gasteiger partial charge in [-0.05, 0) is 44.6 Å². The summed E-state index contributed by atoms with van der Waals surface area (Å²) in [5.41, 5.74) is 7.05. The van der Waals surface area contributed by atoms with Gasteiger partial charge in [-0.15, -0.1) is 0 Å². The molecule has 0 aromatic heterocycles. The molecular formula is C14H23N3O2S. The molecule has 1 unspecified atom stereocenters. The van der Waals surface area contributed by atoms with E-state index in [0.717, 1.165) is 18.4 Å². The number of nitrogens with two attached hydrogens (primary N) is 1. The minimum absolute atomic E-state index is 0.0490. The molecule has 0 spiro atoms. The molecule has 0 aliphatic carbocycles. The summed E-state index contributed by atoms with van der Waals surface area (Å²) >= 11 is 0. The van der Waals surface area contributed by atoms with E-state index in [1.54, 1.807) is 28.6 Å². The molecule has 1 aromatic rings. The fourth-order valence-corrected chi connectivity index (χ4v) is 4.11. The highest BCUT2D eigenvalue weighted by molar-refractivity contribution is 7.88. The van der Waals surface area contributed by atoms with E-state index in [0.29, 0.717) is 24.8 Å². The van der Waals surface area contributed by atoms with Crippen molar-refractivity contribution in [2.45, 2.75) is 24.6 Å². The lowest BCUT2D eigenvalue weighted by Crippen LogP contribution is -2.47. The van der Waals surface area contributed by atoms with Crippen molar-refractivity contribution in [3.8, 4) is 0 Å². The molecule has 1 aliphatic rings. The van der Waals surface area contributed by atoms with Crippen molar-refractivity contribution in [1.29, 1.82) is 0 Å². The van der Waals surface area contributed by atoms with Gasteiger partial charge in [0.2, 0.25) is 10.0 Å². The fraction of sp³-hybridized carbons (Fsp3) is 0.571. The Labute approximate surface area is 121 Å². The summed E-state index contributed by atoms with van der Waals surface area (Å²) in [6.45, 7) is 1.21. The average Bonchev–Trinajstić information content (AvgIpc) is 2.41. The molecule has 20 heavy (non-hydrogen) atoms. The number of nitrogen functional groups attached to an aromatic ring is 1. The number of benzene rings is 1. The Hall–Kier alpha value is -1.11. The Morgan fingerprint density at radius 1 is 1.30 bits per heavy atom. The molecule has 5 nitrogen and oxygen atoms in total. The zero-order valence-electron chi connectivity index (χ0n) is 12.1. The predicted molar refractivity (Wildman–Crippen MR) is 81.8 cm³/mol. The van der Waals surface area contributed by atoms with Gasteiger partial charge in [-0.1, -0.05) is 12.1 Å². The number of sulfonamides is 1. The largest absolute Gasteiger partial charge is 0.399 e. The third-order valence-electron chi connectivity index (χ3n) is 3.81. The van der Waals surface area contributed by atoms with Gasteiger partial charge in [-0.25, -0.2) is 12.7 Å². The van der Waals surface area contributed by atoms with Gasteiger partial charge in [-0.2, -0.15) is 0 Å². The van der Waals surface area contributed by atoms with Gasteiger partial charge in [0.25, 0.3) is 0 Å². The number of likely N-dealkylation sites (N-methyl/N-ethyl adjacent to an activating group) is 1. The van der Waals surface area contributed by atoms with E-state index < -0.39 is 10.0 Å². The molecular weight excluding hydrogens is 274 g/mol. The molecule has 2 N–H and O–H groups in total. The zero-order chi connectivity index (χ0) is 14.8. The fourth-order valence-electron chi connectivity index (χ4n) is 2.51. The average molecular weight is 297 g/mol. The summed E-state index contributed by atoms with van der Waals surface area (Å²) in [6.07, 6.45) is 1.98. The van der Waals surface area contributed by atoms with Crippen LogP contribution in [0.1, 0.15) is 18.4 Å². The van der Waals surface area contributed by atoms with E-state index >= 15 is 0 Å². The summed E-state index contributed by atoms with van der Waals surface area (Å²) in [4.78, 5) is 2.10. The molecule has 1 aromatic carbocycles. The minimum Gasteiger partial charge on any atom is -0.399 e. The molecule has 1 heterocycles. The lowest BCUT2D eigenvalue weighted by molar-refractivity contribution is 0.190. The first-order chi connectivity index (χ1) is 9.38. The van der Waals surface area contributed by atoms with Crippen LogP contribution >= 0.6 is 0 Å². The Kier molecular flexibility index (Phi) is 4.67. The summed E-state index contributed by atoms with van der Waals surface area (Å²) in [7, 11) is 0.752. The lowest BCUT2D eigenvalue weighted by Gasteiger charge is -2.35. The van der Waals surface area contributed by atoms with Crippen LogP contribution < -0.4 is 5.73 Å². The zero-order valence-corrected chi connectivity index (χ0v) is 12.9. The maximum Gasteiger partial charge on any atom is 0.218 e. The Bertz CT molecular complexity index is 540. The molecule has 1 fully saturated rings. The monoisotopic (exact) mass is 297 g/mol. The van der Waals surface area contributed by atoms with E-state index in [1.807, 2.05) is 14.1 Å². The predicted octanol–water partition coefficient (Wildman–Crippen LogP) is 1.12. The molecule has 6 heteroatoms. The van der Waals surface area contributed by atoms with Crippen LogP contribution in [0.25, 0.3) is 0 Å². The smallest absolute Gasteiger partial charge is 0.218 e. The van der Waals surface area contributed by atoms with Gasteiger partial charge in [0.1, 0.15) is 0 Å². The van der Waals surface area contributed by atoms with Crippen molar-refractivity contribution >= 4 is 15.7 Å². The van der Waals surface area contributed by atoms with Crippen LogP contribution in [0.4, 0.5) is 5.69 Å². The topological polar surface area (TPSA) is 66.6 Å². The minimum atomic E-state index is -3.25. The first-order valence-electron chi connectivity index (χ1n) is 6.87. The van der Waals surface area contributed by atoms with E-state index in [1.165, 1.54) is 0 Å². The highest BCUT2D eigenvalue weighted by Crippen LogP contribution is 2.20. The third-order valence-corrected chi connectivity index (χ3v) is 5.63. The molecule has 112 valence electrons. The van der Waals surface area contributed by atoms with E-state index in [2.05, 4.69) is 4.90 Å². The van der Waals surface area contributed by atoms with E-state index in [-0.39, 0.29) is 5.75 Å². The van der Waals surface area contributed by atoms with E-state index in [4.69, 9.17) is 5.73 Å². The van der Waals surface area contributed by atoms with Gasteiger partial charge in [0, 0.05) is 24.8 Å². The van der Waals surface area contributed by atoms with Crippen molar-refractivity contribution in [1.82, 2.24) is 9.21 Å². The molecule has 1 saturated heterocycles. The third kappa shape index (κ3) is 3.71. The van der Waals surface area contributed by atoms with Crippen molar-refractivity contribution in [3.63, 3.8) is 0 Å². The van der Waals surface area contributed by atoms with Crippen LogP contribution in [-0.2, 0) is 15.8 Å². The van der Waals surface area contributed by atoms with E-state index in [9.17, 15) is 8.42 Å². The van der Waals surface area contributed by atoms with Crippen molar-refractivity contribution in [2.75, 3.05) is 32.9 Å². The first kappa shape index (κ1) is 15.3. The lowest BCUT2D eigenvalue weighted by atomic mass is 10.1. The van der Waals surface area contributed by atoms with Gasteiger partial charge in [0.15, 0.2) is 0 Å². The molecule has 0 bridgehead atoms. The van der Waals surface area contributed by atoms with Crippen LogP contribution in [0, 0.1) is 0 Å². The molecule has 1 aliphatic heterocycles. The second kappa shape index (κ2) is 6.11. The Balaban J connectivity index is 2.08. The Morgan fingerprint density at radius 2 is 1.95 bits per heavy atom. The molecule has 0 radical (unpaired) electrons. The molecule has 1 atom stereocenters. The van der Waals surface area contributed by atoms with Crippen LogP contribution in [0.3, 0.4) is 0 Å². The summed E-state index contributed by atoms with van der Waals surface area (Å²) in [6, 6.07) is 7.35. The molecule has 2 rings (SSSR count). The highest BCUT2D eigenvalue weighted by atomic mass is 32.2.